The molecule has 1 aromatic carbocycles. The number of methoxy groups -OCH3 is 1. The molecule has 1 atom stereocenters. The largest absolute Gasteiger partial charge is 0.490 e. The third-order valence-corrected chi connectivity index (χ3v) is 5.43. The standard InChI is InChI=1S/C18H21N3O5S/c1-25-16-5-4-13(11-14(16)21(23)24)18(22)19-12-15(17-3-2-10-27-17)20-6-8-26-9-7-20/h2-5,10-11,15H,6-9,12H2,1H3,(H,19,22)/t15-/m1/s1. The Labute approximate surface area is 160 Å². The SMILES string of the molecule is COc1ccc(C(=O)NC[C@H](c2cccs2)N2CCOCC2)cc1[N+](=O)[O-]. The van der Waals surface area contributed by atoms with Crippen LogP contribution in [-0.2, 0) is 4.74 Å². The molecule has 3 rings (SSSR count). The average Bonchev–Trinajstić information content (AvgIpc) is 3.22. The van der Waals surface area contributed by atoms with E-state index in [1.807, 2.05) is 11.4 Å². The van der Waals surface area contributed by atoms with Crippen LogP contribution in [0.4, 0.5) is 5.69 Å². The molecule has 1 aliphatic rings. The van der Waals surface area contributed by atoms with Crippen molar-refractivity contribution in [3.05, 3.63) is 56.3 Å². The lowest BCUT2D eigenvalue weighted by atomic mass is 10.1. The highest BCUT2D eigenvalue weighted by molar-refractivity contribution is 7.10. The summed E-state index contributed by atoms with van der Waals surface area (Å²) in [6.45, 7) is 3.35. The Morgan fingerprint density at radius 1 is 1.41 bits per heavy atom. The summed E-state index contributed by atoms with van der Waals surface area (Å²) in [5.41, 5.74) is 0.00235. The van der Waals surface area contributed by atoms with Crippen LogP contribution in [-0.4, -0.2) is 55.7 Å². The summed E-state index contributed by atoms with van der Waals surface area (Å²) in [5, 5.41) is 16.1. The van der Waals surface area contributed by atoms with Crippen LogP contribution in [0.3, 0.4) is 0 Å². The van der Waals surface area contributed by atoms with E-state index >= 15 is 0 Å². The predicted molar refractivity (Wildman–Crippen MR) is 101 cm³/mol. The molecule has 144 valence electrons. The maximum absolute atomic E-state index is 12.6. The number of morpholine rings is 1. The number of rotatable bonds is 7. The fourth-order valence-corrected chi connectivity index (χ4v) is 3.91. The number of nitro groups is 1. The number of benzene rings is 1. The van der Waals surface area contributed by atoms with Crippen LogP contribution in [0, 0.1) is 10.1 Å². The lowest BCUT2D eigenvalue weighted by molar-refractivity contribution is -0.385. The number of amides is 1. The zero-order chi connectivity index (χ0) is 19.2. The van der Waals surface area contributed by atoms with Gasteiger partial charge in [-0.05, 0) is 23.6 Å². The molecule has 1 N–H and O–H groups in total. The number of hydrogen-bond donors (Lipinski definition) is 1. The molecule has 8 nitrogen and oxygen atoms in total. The molecule has 0 radical (unpaired) electrons. The molecule has 1 aliphatic heterocycles. The highest BCUT2D eigenvalue weighted by Gasteiger charge is 2.25. The van der Waals surface area contributed by atoms with Crippen molar-refractivity contribution in [2.75, 3.05) is 40.0 Å². The fourth-order valence-electron chi connectivity index (χ4n) is 3.04. The topological polar surface area (TPSA) is 93.9 Å². The number of hydrogen-bond acceptors (Lipinski definition) is 7. The Morgan fingerprint density at radius 3 is 2.81 bits per heavy atom. The minimum absolute atomic E-state index is 0.0473. The van der Waals surface area contributed by atoms with Crippen LogP contribution in [0.15, 0.2) is 35.7 Å². The van der Waals surface area contributed by atoms with E-state index in [2.05, 4.69) is 16.3 Å². The molecule has 0 bridgehead atoms. The molecule has 1 fully saturated rings. The summed E-state index contributed by atoms with van der Waals surface area (Å²) in [6, 6.07) is 8.29. The Balaban J connectivity index is 1.72. The van der Waals surface area contributed by atoms with Crippen molar-refractivity contribution in [1.82, 2.24) is 10.2 Å². The van der Waals surface area contributed by atoms with Gasteiger partial charge in [0.2, 0.25) is 0 Å². The number of nitrogens with one attached hydrogen (secondary N) is 1. The van der Waals surface area contributed by atoms with Gasteiger partial charge in [0, 0.05) is 36.1 Å². The van der Waals surface area contributed by atoms with Crippen LogP contribution in [0.5, 0.6) is 5.75 Å². The Hall–Kier alpha value is -2.49. The van der Waals surface area contributed by atoms with Gasteiger partial charge in [0.1, 0.15) is 0 Å². The molecule has 27 heavy (non-hydrogen) atoms. The fraction of sp³-hybridized carbons (Fsp3) is 0.389. The maximum atomic E-state index is 12.6. The van der Waals surface area contributed by atoms with E-state index in [4.69, 9.17) is 9.47 Å². The molecular formula is C18H21N3O5S. The molecule has 2 heterocycles. The second-order valence-corrected chi connectivity index (χ2v) is 7.01. The Bertz CT molecular complexity index is 790. The number of nitrogens with zero attached hydrogens (tertiary/aromatic N) is 2. The van der Waals surface area contributed by atoms with E-state index in [0.29, 0.717) is 19.8 Å². The molecule has 2 aromatic rings. The number of ether oxygens (including phenoxy) is 2. The third-order valence-electron chi connectivity index (χ3n) is 4.45. The highest BCUT2D eigenvalue weighted by atomic mass is 32.1. The number of carbonyl (C=O) groups is 1. The quantitative estimate of drug-likeness (QED) is 0.576. The van der Waals surface area contributed by atoms with Gasteiger partial charge in [0.15, 0.2) is 5.75 Å². The Morgan fingerprint density at radius 2 is 2.19 bits per heavy atom. The van der Waals surface area contributed by atoms with Gasteiger partial charge >= 0.3 is 5.69 Å². The van der Waals surface area contributed by atoms with Crippen LogP contribution < -0.4 is 10.1 Å². The number of nitro benzene ring substituents is 1. The molecule has 1 saturated heterocycles. The van der Waals surface area contributed by atoms with Gasteiger partial charge in [-0.15, -0.1) is 11.3 Å². The van der Waals surface area contributed by atoms with Gasteiger partial charge in [0.25, 0.3) is 5.91 Å². The second kappa shape index (κ2) is 8.94. The van der Waals surface area contributed by atoms with Gasteiger partial charge in [-0.2, -0.15) is 0 Å². The van der Waals surface area contributed by atoms with Gasteiger partial charge < -0.3 is 14.8 Å². The number of thiophene rings is 1. The van der Waals surface area contributed by atoms with E-state index in [9.17, 15) is 14.9 Å². The van der Waals surface area contributed by atoms with Crippen LogP contribution in [0.1, 0.15) is 21.3 Å². The van der Waals surface area contributed by atoms with Crippen molar-refractivity contribution in [1.29, 1.82) is 0 Å². The first kappa shape index (κ1) is 19.3. The minimum atomic E-state index is -0.558. The average molecular weight is 391 g/mol. The van der Waals surface area contributed by atoms with Crippen molar-refractivity contribution in [2.45, 2.75) is 6.04 Å². The molecule has 0 saturated carbocycles. The summed E-state index contributed by atoms with van der Waals surface area (Å²) in [7, 11) is 1.36. The van der Waals surface area contributed by atoms with Crippen LogP contribution in [0.25, 0.3) is 0 Å². The van der Waals surface area contributed by atoms with Crippen molar-refractivity contribution >= 4 is 22.9 Å². The molecule has 1 aromatic heterocycles. The van der Waals surface area contributed by atoms with Crippen molar-refractivity contribution < 1.29 is 19.2 Å². The number of carbonyl (C=O) groups excluding carboxylic acids is 1. The first-order valence-electron chi connectivity index (χ1n) is 8.56. The maximum Gasteiger partial charge on any atom is 0.311 e. The van der Waals surface area contributed by atoms with Gasteiger partial charge in [-0.25, -0.2) is 0 Å². The first-order chi connectivity index (χ1) is 13.1. The molecule has 0 unspecified atom stereocenters. The zero-order valence-electron chi connectivity index (χ0n) is 14.9. The highest BCUT2D eigenvalue weighted by Crippen LogP contribution is 2.28. The summed E-state index contributed by atoms with van der Waals surface area (Å²) in [5.74, 6) is -0.225. The lowest BCUT2D eigenvalue weighted by Gasteiger charge is -2.34. The summed E-state index contributed by atoms with van der Waals surface area (Å²) >= 11 is 1.64. The van der Waals surface area contributed by atoms with Gasteiger partial charge in [0.05, 0.1) is 31.3 Å². The van der Waals surface area contributed by atoms with Crippen molar-refractivity contribution in [3.8, 4) is 5.75 Å². The zero-order valence-corrected chi connectivity index (χ0v) is 15.7. The van der Waals surface area contributed by atoms with Crippen molar-refractivity contribution in [2.24, 2.45) is 0 Å². The van der Waals surface area contributed by atoms with E-state index in [0.717, 1.165) is 18.0 Å². The van der Waals surface area contributed by atoms with Crippen molar-refractivity contribution in [3.63, 3.8) is 0 Å². The van der Waals surface area contributed by atoms with Gasteiger partial charge in [-0.1, -0.05) is 6.07 Å². The summed E-state index contributed by atoms with van der Waals surface area (Å²) < 4.78 is 10.4. The van der Waals surface area contributed by atoms with E-state index in [1.54, 1.807) is 11.3 Å². The Kier molecular flexibility index (Phi) is 6.38. The predicted octanol–water partition coefficient (Wildman–Crippen LogP) is 2.47. The smallest absolute Gasteiger partial charge is 0.311 e. The van der Waals surface area contributed by atoms with E-state index in [-0.39, 0.29) is 28.9 Å². The van der Waals surface area contributed by atoms with Gasteiger partial charge in [-0.3, -0.25) is 19.8 Å². The second-order valence-electron chi connectivity index (χ2n) is 6.03. The lowest BCUT2D eigenvalue weighted by Crippen LogP contribution is -2.43. The summed E-state index contributed by atoms with van der Waals surface area (Å²) in [6.07, 6.45) is 0. The van der Waals surface area contributed by atoms with E-state index in [1.165, 1.54) is 25.3 Å². The molecule has 0 spiro atoms. The normalized spacial score (nSPS) is 15.9. The monoisotopic (exact) mass is 391 g/mol. The van der Waals surface area contributed by atoms with Crippen LogP contribution >= 0.6 is 11.3 Å². The third kappa shape index (κ3) is 4.62. The van der Waals surface area contributed by atoms with Crippen LogP contribution in [0.2, 0.25) is 0 Å². The first-order valence-corrected chi connectivity index (χ1v) is 9.44. The molecule has 9 heteroatoms. The molecular weight excluding hydrogens is 370 g/mol. The summed E-state index contributed by atoms with van der Waals surface area (Å²) in [4.78, 5) is 26.6. The molecule has 1 amide bonds. The van der Waals surface area contributed by atoms with E-state index < -0.39 is 4.92 Å². The molecule has 0 aliphatic carbocycles. The minimum Gasteiger partial charge on any atom is -0.490 e.